The van der Waals surface area contributed by atoms with Crippen LogP contribution in [0.25, 0.3) is 16.9 Å². The van der Waals surface area contributed by atoms with Crippen molar-refractivity contribution in [3.05, 3.63) is 75.6 Å². The van der Waals surface area contributed by atoms with Crippen LogP contribution in [0.4, 0.5) is 0 Å². The Balaban J connectivity index is 1.78. The molecular weight excluding hydrogens is 412 g/mol. The molecule has 166 valence electrons. The summed E-state index contributed by atoms with van der Waals surface area (Å²) in [4.78, 5) is 19.6. The Kier molecular flexibility index (Phi) is 5.75. The van der Waals surface area contributed by atoms with Crippen LogP contribution in [0.3, 0.4) is 0 Å². The number of benzene rings is 2. The summed E-state index contributed by atoms with van der Waals surface area (Å²) in [5, 5.41) is 0.827. The molecule has 1 saturated carbocycles. The second-order valence-electron chi connectivity index (χ2n) is 9.90. The highest BCUT2D eigenvalue weighted by Crippen LogP contribution is 2.50. The molecule has 1 heterocycles. The number of hydrogen-bond acceptors (Lipinski definition) is 3. The van der Waals surface area contributed by atoms with E-state index in [4.69, 9.17) is 4.98 Å². The third-order valence-corrected chi connectivity index (χ3v) is 8.20. The van der Waals surface area contributed by atoms with Crippen LogP contribution in [0, 0.1) is 12.8 Å². The van der Waals surface area contributed by atoms with Crippen molar-refractivity contribution in [1.82, 2.24) is 9.55 Å². The van der Waals surface area contributed by atoms with E-state index in [2.05, 4.69) is 57.2 Å². The van der Waals surface area contributed by atoms with E-state index in [9.17, 15) is 4.79 Å². The van der Waals surface area contributed by atoms with Crippen LogP contribution < -0.4 is 5.56 Å². The van der Waals surface area contributed by atoms with Gasteiger partial charge in [0.25, 0.3) is 5.56 Å². The van der Waals surface area contributed by atoms with Gasteiger partial charge in [0.15, 0.2) is 5.16 Å². The molecule has 0 atom stereocenters. The van der Waals surface area contributed by atoms with Crippen LogP contribution >= 0.6 is 11.8 Å². The molecule has 1 aromatic heterocycles. The van der Waals surface area contributed by atoms with Crippen molar-refractivity contribution < 1.29 is 0 Å². The highest BCUT2D eigenvalue weighted by molar-refractivity contribution is 7.99. The molecule has 2 aliphatic carbocycles. The summed E-state index contributed by atoms with van der Waals surface area (Å²) >= 11 is 1.72. The fourth-order valence-corrected chi connectivity index (χ4v) is 6.76. The quantitative estimate of drug-likeness (QED) is 0.324. The second kappa shape index (κ2) is 8.55. The molecule has 0 amide bonds. The van der Waals surface area contributed by atoms with E-state index in [1.165, 1.54) is 18.4 Å². The zero-order valence-electron chi connectivity index (χ0n) is 19.4. The molecule has 0 unspecified atom stereocenters. The van der Waals surface area contributed by atoms with Gasteiger partial charge in [0.1, 0.15) is 0 Å². The van der Waals surface area contributed by atoms with Gasteiger partial charge in [-0.3, -0.25) is 9.36 Å². The van der Waals surface area contributed by atoms with Crippen molar-refractivity contribution in [1.29, 1.82) is 0 Å². The SMILES string of the molecule is Cc1ccccc1-n1c(SCCC(C)C)nc2c(c1=O)C1(CCCC1)Cc1ccccc1-2. The summed E-state index contributed by atoms with van der Waals surface area (Å²) in [7, 11) is 0. The topological polar surface area (TPSA) is 34.9 Å². The summed E-state index contributed by atoms with van der Waals surface area (Å²) in [5.41, 5.74) is 6.55. The molecule has 0 radical (unpaired) electrons. The van der Waals surface area contributed by atoms with E-state index in [0.29, 0.717) is 5.92 Å². The Labute approximate surface area is 195 Å². The summed E-state index contributed by atoms with van der Waals surface area (Å²) in [6, 6.07) is 16.8. The monoisotopic (exact) mass is 444 g/mol. The lowest BCUT2D eigenvalue weighted by Gasteiger charge is -2.36. The minimum Gasteiger partial charge on any atom is -0.268 e. The summed E-state index contributed by atoms with van der Waals surface area (Å²) in [6.45, 7) is 6.58. The van der Waals surface area contributed by atoms with Crippen LogP contribution in [0.2, 0.25) is 0 Å². The molecule has 1 fully saturated rings. The van der Waals surface area contributed by atoms with Gasteiger partial charge >= 0.3 is 0 Å². The summed E-state index contributed by atoms with van der Waals surface area (Å²) in [6.07, 6.45) is 6.61. The third-order valence-electron chi connectivity index (χ3n) is 7.23. The van der Waals surface area contributed by atoms with Crippen molar-refractivity contribution in [2.24, 2.45) is 5.92 Å². The van der Waals surface area contributed by atoms with E-state index in [0.717, 1.165) is 64.7 Å². The number of aryl methyl sites for hydroxylation is 1. The number of rotatable bonds is 5. The van der Waals surface area contributed by atoms with E-state index in [-0.39, 0.29) is 11.0 Å². The molecule has 0 aliphatic heterocycles. The molecule has 3 aromatic rings. The number of thioether (sulfide) groups is 1. The lowest BCUT2D eigenvalue weighted by atomic mass is 9.68. The number of nitrogens with zero attached hydrogens (tertiary/aromatic N) is 2. The predicted octanol–water partition coefficient (Wildman–Crippen LogP) is 6.71. The van der Waals surface area contributed by atoms with Gasteiger partial charge in [-0.2, -0.15) is 0 Å². The van der Waals surface area contributed by atoms with Gasteiger partial charge in [0.2, 0.25) is 0 Å². The van der Waals surface area contributed by atoms with Crippen LogP contribution in [0.15, 0.2) is 58.5 Å². The Hall–Kier alpha value is -2.33. The first-order valence-corrected chi connectivity index (χ1v) is 12.9. The normalized spacial score (nSPS) is 16.4. The van der Waals surface area contributed by atoms with E-state index < -0.39 is 0 Å². The van der Waals surface area contributed by atoms with Gasteiger partial charge in [0.05, 0.1) is 16.9 Å². The molecule has 32 heavy (non-hydrogen) atoms. The van der Waals surface area contributed by atoms with Crippen molar-refractivity contribution in [2.75, 3.05) is 5.75 Å². The van der Waals surface area contributed by atoms with E-state index in [1.807, 2.05) is 16.7 Å². The fourth-order valence-electron chi connectivity index (χ4n) is 5.52. The predicted molar refractivity (Wildman–Crippen MR) is 134 cm³/mol. The average molecular weight is 445 g/mol. The molecule has 2 aromatic carbocycles. The largest absolute Gasteiger partial charge is 0.268 e. The van der Waals surface area contributed by atoms with Crippen LogP contribution in [-0.4, -0.2) is 15.3 Å². The third kappa shape index (κ3) is 3.63. The average Bonchev–Trinajstić information content (AvgIpc) is 3.23. The minimum absolute atomic E-state index is 0.0701. The van der Waals surface area contributed by atoms with Gasteiger partial charge < -0.3 is 0 Å². The van der Waals surface area contributed by atoms with Crippen LogP contribution in [0.5, 0.6) is 0 Å². The lowest BCUT2D eigenvalue weighted by molar-refractivity contribution is 0.422. The minimum atomic E-state index is -0.0701. The first kappa shape index (κ1) is 21.5. The Bertz CT molecular complexity index is 1200. The van der Waals surface area contributed by atoms with Crippen molar-refractivity contribution in [3.63, 3.8) is 0 Å². The van der Waals surface area contributed by atoms with Gasteiger partial charge in [0, 0.05) is 16.7 Å². The van der Waals surface area contributed by atoms with E-state index in [1.54, 1.807) is 11.8 Å². The molecule has 0 N–H and O–H groups in total. The molecule has 2 aliphatic rings. The smallest absolute Gasteiger partial charge is 0.263 e. The first-order chi connectivity index (χ1) is 15.5. The zero-order chi connectivity index (χ0) is 22.3. The molecule has 0 bridgehead atoms. The first-order valence-electron chi connectivity index (χ1n) is 11.9. The number of fused-ring (bicyclic) bond motifs is 4. The number of aromatic nitrogens is 2. The van der Waals surface area contributed by atoms with Gasteiger partial charge in [-0.15, -0.1) is 0 Å². The standard InChI is InChI=1S/C28H32N2OS/c1-19(2)14-17-32-27-29-25-22-12-6-5-11-21(22)18-28(15-8-9-16-28)24(25)26(31)30(27)23-13-7-4-10-20(23)3/h4-7,10-13,19H,8-9,14-18H2,1-3H3. The van der Waals surface area contributed by atoms with Crippen molar-refractivity contribution in [3.8, 4) is 16.9 Å². The van der Waals surface area contributed by atoms with Crippen molar-refractivity contribution in [2.45, 2.75) is 69.9 Å². The molecule has 4 heteroatoms. The second-order valence-corrected chi connectivity index (χ2v) is 11.0. The van der Waals surface area contributed by atoms with Crippen LogP contribution in [-0.2, 0) is 11.8 Å². The van der Waals surface area contributed by atoms with Crippen LogP contribution in [0.1, 0.15) is 62.6 Å². The summed E-state index contributed by atoms with van der Waals surface area (Å²) < 4.78 is 1.92. The molecule has 0 saturated heterocycles. The maximum atomic E-state index is 14.4. The Morgan fingerprint density at radius 1 is 1.06 bits per heavy atom. The summed E-state index contributed by atoms with van der Waals surface area (Å²) in [5.74, 6) is 1.59. The van der Waals surface area contributed by atoms with Crippen molar-refractivity contribution >= 4 is 11.8 Å². The zero-order valence-corrected chi connectivity index (χ0v) is 20.2. The van der Waals surface area contributed by atoms with E-state index >= 15 is 0 Å². The lowest BCUT2D eigenvalue weighted by Crippen LogP contribution is -2.40. The maximum Gasteiger partial charge on any atom is 0.263 e. The highest BCUT2D eigenvalue weighted by Gasteiger charge is 2.44. The number of hydrogen-bond donors (Lipinski definition) is 0. The Morgan fingerprint density at radius 2 is 1.78 bits per heavy atom. The maximum absolute atomic E-state index is 14.4. The Morgan fingerprint density at radius 3 is 2.53 bits per heavy atom. The molecular formula is C28H32N2OS. The molecule has 1 spiro atoms. The fraction of sp³-hybridized carbons (Fsp3) is 0.429. The van der Waals surface area contributed by atoms with Gasteiger partial charge in [-0.05, 0) is 55.7 Å². The van der Waals surface area contributed by atoms with Gasteiger partial charge in [-0.1, -0.05) is 80.9 Å². The highest BCUT2D eigenvalue weighted by atomic mass is 32.2. The van der Waals surface area contributed by atoms with Gasteiger partial charge in [-0.25, -0.2) is 4.98 Å². The molecule has 5 rings (SSSR count). The molecule has 3 nitrogen and oxygen atoms in total. The number of para-hydroxylation sites is 1.